The van der Waals surface area contributed by atoms with Gasteiger partial charge in [-0.05, 0) is 29.1 Å². The van der Waals surface area contributed by atoms with E-state index in [0.29, 0.717) is 41.8 Å². The first-order valence-corrected chi connectivity index (χ1v) is 12.6. The first-order valence-electron chi connectivity index (χ1n) is 10.3. The van der Waals surface area contributed by atoms with E-state index in [-0.39, 0.29) is 5.91 Å². The molecule has 0 spiro atoms. The van der Waals surface area contributed by atoms with Gasteiger partial charge in [0.15, 0.2) is 0 Å². The number of benzene rings is 2. The number of carbonyl (C=O) groups is 1. The molecule has 7 nitrogen and oxygen atoms in total. The molecule has 1 atom stereocenters. The standard InChI is InChI=1S/C23H25N3O4S2/c1-30-20-10-5-9-19(17-20)24-23(27)22(18-7-3-2-4-8-18)25-12-14-26(15-13-25)32(28,29)21-11-6-16-31-21/h2-11,16-17,22H,12-15H2,1H3,(H,24,27). The van der Waals surface area contributed by atoms with Gasteiger partial charge in [0.2, 0.25) is 5.91 Å². The lowest BCUT2D eigenvalue weighted by molar-refractivity contribution is -0.122. The lowest BCUT2D eigenvalue weighted by Crippen LogP contribution is -2.51. The van der Waals surface area contributed by atoms with Crippen LogP contribution in [0.1, 0.15) is 11.6 Å². The third kappa shape index (κ3) is 4.86. The van der Waals surface area contributed by atoms with Crippen LogP contribution in [0, 0.1) is 0 Å². The minimum Gasteiger partial charge on any atom is -0.497 e. The number of thiophene rings is 1. The molecule has 0 aliphatic carbocycles. The number of sulfonamides is 1. The topological polar surface area (TPSA) is 79.0 Å². The van der Waals surface area contributed by atoms with Gasteiger partial charge in [-0.2, -0.15) is 4.31 Å². The zero-order valence-electron chi connectivity index (χ0n) is 17.7. The van der Waals surface area contributed by atoms with Crippen molar-refractivity contribution >= 4 is 33.0 Å². The summed E-state index contributed by atoms with van der Waals surface area (Å²) in [6, 6.07) is 19.6. The van der Waals surface area contributed by atoms with Crippen LogP contribution in [0.5, 0.6) is 5.75 Å². The van der Waals surface area contributed by atoms with Crippen LogP contribution in [-0.4, -0.2) is 56.8 Å². The number of carbonyl (C=O) groups excluding carboxylic acids is 1. The van der Waals surface area contributed by atoms with E-state index in [1.807, 2.05) is 53.4 Å². The molecule has 1 aromatic heterocycles. The largest absolute Gasteiger partial charge is 0.497 e. The second kappa shape index (κ2) is 9.83. The fraction of sp³-hybridized carbons (Fsp3) is 0.261. The minimum absolute atomic E-state index is 0.168. The smallest absolute Gasteiger partial charge is 0.252 e. The predicted octanol–water partition coefficient (Wildman–Crippen LogP) is 3.44. The fourth-order valence-corrected chi connectivity index (χ4v) is 6.38. The number of rotatable bonds is 7. The Kier molecular flexibility index (Phi) is 6.90. The van der Waals surface area contributed by atoms with E-state index < -0.39 is 16.1 Å². The minimum atomic E-state index is -3.50. The SMILES string of the molecule is COc1cccc(NC(=O)C(c2ccccc2)N2CCN(S(=O)(=O)c3cccs3)CC2)c1. The van der Waals surface area contributed by atoms with Crippen molar-refractivity contribution in [3.63, 3.8) is 0 Å². The molecule has 3 aromatic rings. The number of ether oxygens (including phenoxy) is 1. The van der Waals surface area contributed by atoms with Crippen molar-refractivity contribution in [2.45, 2.75) is 10.3 Å². The summed E-state index contributed by atoms with van der Waals surface area (Å²) in [5, 5.41) is 4.75. The second-order valence-electron chi connectivity index (χ2n) is 7.41. The average Bonchev–Trinajstić information content (AvgIpc) is 3.36. The summed E-state index contributed by atoms with van der Waals surface area (Å²) in [5.41, 5.74) is 1.51. The van der Waals surface area contributed by atoms with Crippen LogP contribution < -0.4 is 10.1 Å². The van der Waals surface area contributed by atoms with Crippen LogP contribution in [0.15, 0.2) is 76.3 Å². The Balaban J connectivity index is 1.52. The average molecular weight is 472 g/mol. The van der Waals surface area contributed by atoms with Crippen LogP contribution in [0.25, 0.3) is 0 Å². The maximum absolute atomic E-state index is 13.4. The van der Waals surface area contributed by atoms with Crippen molar-refractivity contribution < 1.29 is 17.9 Å². The summed E-state index contributed by atoms with van der Waals surface area (Å²) < 4.78 is 32.8. The maximum Gasteiger partial charge on any atom is 0.252 e. The van der Waals surface area contributed by atoms with Gasteiger partial charge in [0.25, 0.3) is 10.0 Å². The molecule has 1 fully saturated rings. The van der Waals surface area contributed by atoms with E-state index in [9.17, 15) is 13.2 Å². The summed E-state index contributed by atoms with van der Waals surface area (Å²) in [4.78, 5) is 15.4. The number of amides is 1. The number of hydrogen-bond donors (Lipinski definition) is 1. The second-order valence-corrected chi connectivity index (χ2v) is 10.5. The van der Waals surface area contributed by atoms with Gasteiger partial charge in [-0.25, -0.2) is 8.42 Å². The summed E-state index contributed by atoms with van der Waals surface area (Å²) in [7, 11) is -1.92. The van der Waals surface area contributed by atoms with Gasteiger partial charge in [0.1, 0.15) is 16.0 Å². The predicted molar refractivity (Wildman–Crippen MR) is 125 cm³/mol. The van der Waals surface area contributed by atoms with E-state index >= 15 is 0 Å². The van der Waals surface area contributed by atoms with Gasteiger partial charge in [0, 0.05) is 37.9 Å². The summed E-state index contributed by atoms with van der Waals surface area (Å²) in [6.45, 7) is 1.57. The zero-order valence-corrected chi connectivity index (χ0v) is 19.3. The van der Waals surface area contributed by atoms with E-state index in [4.69, 9.17) is 4.74 Å². The normalized spacial score (nSPS) is 16.4. The molecule has 0 radical (unpaired) electrons. The Bertz CT molecular complexity index is 1140. The molecule has 1 aliphatic rings. The number of nitrogens with zero attached hydrogens (tertiary/aromatic N) is 2. The molecule has 4 rings (SSSR count). The van der Waals surface area contributed by atoms with E-state index in [0.717, 1.165) is 5.56 Å². The van der Waals surface area contributed by atoms with Crippen LogP contribution in [0.4, 0.5) is 5.69 Å². The number of piperazine rings is 1. The molecule has 1 N–H and O–H groups in total. The molecule has 168 valence electrons. The monoisotopic (exact) mass is 471 g/mol. The fourth-order valence-electron chi connectivity index (χ4n) is 3.81. The van der Waals surface area contributed by atoms with Crippen molar-refractivity contribution in [1.29, 1.82) is 0 Å². The van der Waals surface area contributed by atoms with Crippen molar-refractivity contribution in [3.8, 4) is 5.75 Å². The molecule has 32 heavy (non-hydrogen) atoms. The molecule has 9 heteroatoms. The van der Waals surface area contributed by atoms with E-state index in [2.05, 4.69) is 5.32 Å². The first-order chi connectivity index (χ1) is 15.5. The van der Waals surface area contributed by atoms with Gasteiger partial charge < -0.3 is 10.1 Å². The van der Waals surface area contributed by atoms with Gasteiger partial charge in [-0.15, -0.1) is 11.3 Å². The van der Waals surface area contributed by atoms with Gasteiger partial charge >= 0.3 is 0 Å². The lowest BCUT2D eigenvalue weighted by atomic mass is 10.0. The molecular weight excluding hydrogens is 446 g/mol. The molecule has 1 amide bonds. The molecule has 1 unspecified atom stereocenters. The molecule has 2 aromatic carbocycles. The quantitative estimate of drug-likeness (QED) is 0.571. The molecule has 0 saturated carbocycles. The molecule has 1 aliphatic heterocycles. The number of methoxy groups -OCH3 is 1. The van der Waals surface area contributed by atoms with Crippen LogP contribution in [-0.2, 0) is 14.8 Å². The first kappa shape index (κ1) is 22.5. The van der Waals surface area contributed by atoms with Crippen LogP contribution in [0.2, 0.25) is 0 Å². The van der Waals surface area contributed by atoms with Crippen molar-refractivity contribution in [2.75, 3.05) is 38.6 Å². The summed E-state index contributed by atoms with van der Waals surface area (Å²) in [6.07, 6.45) is 0. The molecule has 2 heterocycles. The highest BCUT2D eigenvalue weighted by molar-refractivity contribution is 7.91. The Hall–Kier alpha value is -2.72. The van der Waals surface area contributed by atoms with E-state index in [1.54, 1.807) is 30.7 Å². The maximum atomic E-state index is 13.4. The Labute approximate surface area is 192 Å². The highest BCUT2D eigenvalue weighted by Crippen LogP contribution is 2.28. The molecule has 1 saturated heterocycles. The highest BCUT2D eigenvalue weighted by Gasteiger charge is 2.34. The van der Waals surface area contributed by atoms with Crippen LogP contribution >= 0.6 is 11.3 Å². The third-order valence-electron chi connectivity index (χ3n) is 5.43. The number of anilines is 1. The van der Waals surface area contributed by atoms with Gasteiger partial charge in [0.05, 0.1) is 7.11 Å². The van der Waals surface area contributed by atoms with E-state index in [1.165, 1.54) is 15.6 Å². The van der Waals surface area contributed by atoms with Crippen molar-refractivity contribution in [2.24, 2.45) is 0 Å². The van der Waals surface area contributed by atoms with Crippen molar-refractivity contribution in [1.82, 2.24) is 9.21 Å². The number of hydrogen-bond acceptors (Lipinski definition) is 6. The number of nitrogens with one attached hydrogen (secondary N) is 1. The zero-order chi connectivity index (χ0) is 22.6. The Morgan fingerprint density at radius 1 is 1.00 bits per heavy atom. The van der Waals surface area contributed by atoms with Crippen LogP contribution in [0.3, 0.4) is 0 Å². The third-order valence-corrected chi connectivity index (χ3v) is 8.70. The summed E-state index contributed by atoms with van der Waals surface area (Å²) >= 11 is 1.22. The van der Waals surface area contributed by atoms with Gasteiger partial charge in [-0.3, -0.25) is 9.69 Å². The molecular formula is C23H25N3O4S2. The summed E-state index contributed by atoms with van der Waals surface area (Å²) in [5.74, 6) is 0.491. The Morgan fingerprint density at radius 2 is 1.75 bits per heavy atom. The highest BCUT2D eigenvalue weighted by atomic mass is 32.2. The van der Waals surface area contributed by atoms with Crippen molar-refractivity contribution in [3.05, 3.63) is 77.7 Å². The Morgan fingerprint density at radius 3 is 2.41 bits per heavy atom. The lowest BCUT2D eigenvalue weighted by Gasteiger charge is -2.38. The van der Waals surface area contributed by atoms with Gasteiger partial charge in [-0.1, -0.05) is 42.5 Å². The molecule has 0 bridgehead atoms.